The molecule has 184 valence electrons. The van der Waals surface area contributed by atoms with Crippen LogP contribution < -0.4 is 5.56 Å². The standard InChI is InChI=1S/C22H36N6O4S/c1-5-7-17-19-20(27(4)25-17)22(29)24-21(23-19)16-14-15(8-9-18(16)32-6-2)33(30,31)28-12-10-26(3)11-13-28/h15-16,18H,5-14H2,1-4H3,(H,23,24,29). The molecule has 3 heterocycles. The Labute approximate surface area is 195 Å². The van der Waals surface area contributed by atoms with Gasteiger partial charge in [-0.3, -0.25) is 9.48 Å². The molecule has 1 N–H and O–H groups in total. The maximum Gasteiger partial charge on any atom is 0.277 e. The van der Waals surface area contributed by atoms with E-state index in [2.05, 4.69) is 21.9 Å². The molecule has 0 aromatic carbocycles. The first-order chi connectivity index (χ1) is 15.8. The van der Waals surface area contributed by atoms with Crippen LogP contribution in [0.3, 0.4) is 0 Å². The summed E-state index contributed by atoms with van der Waals surface area (Å²) in [5.41, 5.74) is 1.62. The largest absolute Gasteiger partial charge is 0.378 e. The molecular formula is C22H36N6O4S. The molecule has 2 aromatic heterocycles. The van der Waals surface area contributed by atoms with E-state index in [-0.39, 0.29) is 17.6 Å². The highest BCUT2D eigenvalue weighted by Crippen LogP contribution is 2.37. The zero-order valence-corrected chi connectivity index (χ0v) is 20.9. The van der Waals surface area contributed by atoms with Crippen molar-refractivity contribution in [3.8, 4) is 0 Å². The van der Waals surface area contributed by atoms with Crippen LogP contribution in [-0.4, -0.2) is 88.6 Å². The number of aromatic nitrogens is 4. The Kier molecular flexibility index (Phi) is 7.23. The maximum absolute atomic E-state index is 13.5. The lowest BCUT2D eigenvalue weighted by Gasteiger charge is -2.39. The SMILES string of the molecule is CCCc1nn(C)c2c(=O)[nH]c(C3CC(S(=O)(=O)N4CCN(C)CC4)CCC3OCC)nc12. The van der Waals surface area contributed by atoms with Gasteiger partial charge in [-0.05, 0) is 39.7 Å². The van der Waals surface area contributed by atoms with Crippen LogP contribution in [-0.2, 0) is 28.2 Å². The van der Waals surface area contributed by atoms with Crippen molar-refractivity contribution in [3.05, 3.63) is 21.9 Å². The Hall–Kier alpha value is -1.82. The molecule has 33 heavy (non-hydrogen) atoms. The van der Waals surface area contributed by atoms with Crippen LogP contribution >= 0.6 is 0 Å². The molecule has 1 saturated carbocycles. The molecule has 0 amide bonds. The summed E-state index contributed by atoms with van der Waals surface area (Å²) in [6, 6.07) is 0. The van der Waals surface area contributed by atoms with Gasteiger partial charge in [0, 0.05) is 45.8 Å². The Morgan fingerprint density at radius 1 is 1.12 bits per heavy atom. The van der Waals surface area contributed by atoms with Crippen LogP contribution in [0.5, 0.6) is 0 Å². The number of hydrogen-bond acceptors (Lipinski definition) is 7. The van der Waals surface area contributed by atoms with Crippen LogP contribution in [0, 0.1) is 0 Å². The van der Waals surface area contributed by atoms with Gasteiger partial charge in [0.05, 0.1) is 17.0 Å². The summed E-state index contributed by atoms with van der Waals surface area (Å²) in [7, 11) is 0.323. The summed E-state index contributed by atoms with van der Waals surface area (Å²) < 4.78 is 36.2. The molecule has 10 nitrogen and oxygen atoms in total. The fraction of sp³-hybridized carbons (Fsp3) is 0.773. The van der Waals surface area contributed by atoms with Gasteiger partial charge < -0.3 is 14.6 Å². The highest BCUT2D eigenvalue weighted by molar-refractivity contribution is 7.89. The van der Waals surface area contributed by atoms with Gasteiger partial charge >= 0.3 is 0 Å². The lowest BCUT2D eigenvalue weighted by atomic mass is 9.85. The number of likely N-dealkylation sites (N-methyl/N-ethyl adjacent to an activating group) is 1. The number of nitrogens with zero attached hydrogens (tertiary/aromatic N) is 5. The minimum atomic E-state index is -3.44. The number of rotatable bonds is 7. The average molecular weight is 481 g/mol. The average Bonchev–Trinajstić information content (AvgIpc) is 3.10. The second-order valence-corrected chi connectivity index (χ2v) is 11.5. The van der Waals surface area contributed by atoms with E-state index in [1.165, 1.54) is 0 Å². The smallest absolute Gasteiger partial charge is 0.277 e. The molecule has 0 radical (unpaired) electrons. The zero-order valence-electron chi connectivity index (χ0n) is 20.1. The van der Waals surface area contributed by atoms with Crippen molar-refractivity contribution in [2.75, 3.05) is 39.8 Å². The van der Waals surface area contributed by atoms with Crippen LogP contribution in [0.4, 0.5) is 0 Å². The number of sulfonamides is 1. The first-order valence-electron chi connectivity index (χ1n) is 12.0. The van der Waals surface area contributed by atoms with E-state index in [0.29, 0.717) is 55.8 Å². The number of hydrogen-bond donors (Lipinski definition) is 1. The molecule has 2 aliphatic rings. The van der Waals surface area contributed by atoms with E-state index < -0.39 is 15.3 Å². The van der Waals surface area contributed by atoms with E-state index >= 15 is 0 Å². The van der Waals surface area contributed by atoms with E-state index in [1.54, 1.807) is 16.0 Å². The minimum Gasteiger partial charge on any atom is -0.378 e. The minimum absolute atomic E-state index is 0.180. The third-order valence-electron chi connectivity index (χ3n) is 6.98. The summed E-state index contributed by atoms with van der Waals surface area (Å²) in [6.07, 6.45) is 3.00. The molecule has 1 aliphatic carbocycles. The molecule has 4 rings (SSSR count). The first-order valence-corrected chi connectivity index (χ1v) is 13.5. The normalized spacial score (nSPS) is 25.6. The van der Waals surface area contributed by atoms with Gasteiger partial charge in [0.25, 0.3) is 5.56 Å². The van der Waals surface area contributed by atoms with Crippen molar-refractivity contribution >= 4 is 21.1 Å². The zero-order chi connectivity index (χ0) is 23.8. The first kappa shape index (κ1) is 24.3. The van der Waals surface area contributed by atoms with Crippen molar-refractivity contribution in [3.63, 3.8) is 0 Å². The van der Waals surface area contributed by atoms with Gasteiger partial charge in [-0.25, -0.2) is 13.4 Å². The third kappa shape index (κ3) is 4.73. The van der Waals surface area contributed by atoms with Crippen molar-refractivity contribution in [2.45, 2.75) is 63.2 Å². The van der Waals surface area contributed by atoms with Crippen molar-refractivity contribution < 1.29 is 13.2 Å². The Bertz CT molecular complexity index is 1140. The van der Waals surface area contributed by atoms with Gasteiger partial charge in [0.1, 0.15) is 11.3 Å². The topological polar surface area (TPSA) is 113 Å². The number of fused-ring (bicyclic) bond motifs is 1. The molecule has 3 atom stereocenters. The lowest BCUT2D eigenvalue weighted by molar-refractivity contribution is 0.0190. The molecular weight excluding hydrogens is 444 g/mol. The van der Waals surface area contributed by atoms with Crippen LogP contribution in [0.1, 0.15) is 57.0 Å². The van der Waals surface area contributed by atoms with E-state index in [4.69, 9.17) is 9.72 Å². The number of nitrogens with one attached hydrogen (secondary N) is 1. The molecule has 2 fully saturated rings. The summed E-state index contributed by atoms with van der Waals surface area (Å²) in [5.74, 6) is 0.215. The second-order valence-electron chi connectivity index (χ2n) is 9.25. The molecule has 11 heteroatoms. The number of ether oxygens (including phenoxy) is 1. The summed E-state index contributed by atoms with van der Waals surface area (Å²) in [4.78, 5) is 22.9. The molecule has 1 saturated heterocycles. The second kappa shape index (κ2) is 9.81. The fourth-order valence-corrected chi connectivity index (χ4v) is 7.15. The van der Waals surface area contributed by atoms with Gasteiger partial charge in [0.15, 0.2) is 5.52 Å². The number of piperazine rings is 1. The Balaban J connectivity index is 1.68. The maximum atomic E-state index is 13.5. The number of aryl methyl sites for hydroxylation is 2. The fourth-order valence-electron chi connectivity index (χ4n) is 5.17. The predicted octanol–water partition coefficient (Wildman–Crippen LogP) is 1.23. The molecule has 3 unspecified atom stereocenters. The highest BCUT2D eigenvalue weighted by Gasteiger charge is 2.42. The highest BCUT2D eigenvalue weighted by atomic mass is 32.2. The molecule has 0 bridgehead atoms. The van der Waals surface area contributed by atoms with Gasteiger partial charge in [-0.15, -0.1) is 0 Å². The Morgan fingerprint density at radius 2 is 1.85 bits per heavy atom. The van der Waals surface area contributed by atoms with Crippen LogP contribution in [0.25, 0.3) is 11.0 Å². The predicted molar refractivity (Wildman–Crippen MR) is 127 cm³/mol. The van der Waals surface area contributed by atoms with Crippen LogP contribution in [0.15, 0.2) is 4.79 Å². The van der Waals surface area contributed by atoms with Crippen molar-refractivity contribution in [2.24, 2.45) is 7.05 Å². The Morgan fingerprint density at radius 3 is 2.52 bits per heavy atom. The van der Waals surface area contributed by atoms with Crippen LogP contribution in [0.2, 0.25) is 0 Å². The van der Waals surface area contributed by atoms with Gasteiger partial charge in [0.2, 0.25) is 10.0 Å². The molecule has 0 spiro atoms. The van der Waals surface area contributed by atoms with E-state index in [9.17, 15) is 13.2 Å². The van der Waals surface area contributed by atoms with E-state index in [1.807, 2.05) is 14.0 Å². The number of H-pyrrole nitrogens is 1. The summed E-state index contributed by atoms with van der Waals surface area (Å²) in [5, 5.41) is 3.99. The summed E-state index contributed by atoms with van der Waals surface area (Å²) in [6.45, 7) is 7.04. The molecule has 1 aliphatic heterocycles. The summed E-state index contributed by atoms with van der Waals surface area (Å²) >= 11 is 0. The van der Waals surface area contributed by atoms with Gasteiger partial charge in [-0.1, -0.05) is 13.3 Å². The lowest BCUT2D eigenvalue weighted by Crippen LogP contribution is -2.51. The monoisotopic (exact) mass is 480 g/mol. The van der Waals surface area contributed by atoms with Gasteiger partial charge in [-0.2, -0.15) is 9.40 Å². The number of aromatic amines is 1. The van der Waals surface area contributed by atoms with E-state index in [0.717, 1.165) is 31.6 Å². The van der Waals surface area contributed by atoms with Crippen molar-refractivity contribution in [1.29, 1.82) is 0 Å². The molecule has 2 aromatic rings. The third-order valence-corrected chi connectivity index (χ3v) is 9.34. The quantitative estimate of drug-likeness (QED) is 0.634. The van der Waals surface area contributed by atoms with Crippen molar-refractivity contribution in [1.82, 2.24) is 29.0 Å².